The lowest BCUT2D eigenvalue weighted by Gasteiger charge is -2.18. The second-order valence-electron chi connectivity index (χ2n) is 7.81. The third-order valence-electron chi connectivity index (χ3n) is 5.28. The standard InChI is InChI=1S/C23H27FN2O2/c1-16(2)12-13-25-22(27)21-15-26(23(28)18-6-4-3-5-7-18)14-20(21)17-8-10-19(24)11-9-17/h3-11,16,20-21H,12-15H2,1-2H3,(H,25,27). The van der Waals surface area contributed by atoms with Crippen LogP contribution in [0, 0.1) is 17.7 Å². The molecule has 0 aliphatic carbocycles. The van der Waals surface area contributed by atoms with E-state index in [2.05, 4.69) is 19.2 Å². The van der Waals surface area contributed by atoms with E-state index in [0.29, 0.717) is 31.1 Å². The topological polar surface area (TPSA) is 49.4 Å². The van der Waals surface area contributed by atoms with E-state index in [1.165, 1.54) is 12.1 Å². The summed E-state index contributed by atoms with van der Waals surface area (Å²) >= 11 is 0. The summed E-state index contributed by atoms with van der Waals surface area (Å²) in [5, 5.41) is 3.02. The number of carbonyl (C=O) groups is 2. The van der Waals surface area contributed by atoms with E-state index in [1.807, 2.05) is 18.2 Å². The predicted octanol–water partition coefficient (Wildman–Crippen LogP) is 3.84. The third kappa shape index (κ3) is 4.77. The van der Waals surface area contributed by atoms with Crippen molar-refractivity contribution in [2.75, 3.05) is 19.6 Å². The van der Waals surface area contributed by atoms with Crippen LogP contribution in [0.3, 0.4) is 0 Å². The average molecular weight is 382 g/mol. The summed E-state index contributed by atoms with van der Waals surface area (Å²) in [6.45, 7) is 5.66. The van der Waals surface area contributed by atoms with Crippen LogP contribution < -0.4 is 5.32 Å². The molecule has 2 unspecified atom stereocenters. The Labute approximate surface area is 165 Å². The number of nitrogens with zero attached hydrogens (tertiary/aromatic N) is 1. The normalized spacial score (nSPS) is 19.1. The molecule has 0 radical (unpaired) electrons. The fourth-order valence-corrected chi connectivity index (χ4v) is 3.66. The number of benzene rings is 2. The van der Waals surface area contributed by atoms with Gasteiger partial charge in [-0.25, -0.2) is 4.39 Å². The van der Waals surface area contributed by atoms with E-state index in [9.17, 15) is 14.0 Å². The van der Waals surface area contributed by atoms with Gasteiger partial charge in [0.05, 0.1) is 5.92 Å². The molecule has 3 rings (SSSR count). The monoisotopic (exact) mass is 382 g/mol. The molecule has 1 saturated heterocycles. The van der Waals surface area contributed by atoms with Gasteiger partial charge in [-0.3, -0.25) is 9.59 Å². The molecule has 0 bridgehead atoms. The SMILES string of the molecule is CC(C)CCNC(=O)C1CN(C(=O)c2ccccc2)CC1c1ccc(F)cc1. The molecule has 148 valence electrons. The molecule has 0 aromatic heterocycles. The Morgan fingerprint density at radius 1 is 1.07 bits per heavy atom. The lowest BCUT2D eigenvalue weighted by atomic mass is 9.88. The van der Waals surface area contributed by atoms with Crippen LogP contribution in [0.4, 0.5) is 4.39 Å². The van der Waals surface area contributed by atoms with Crippen LogP contribution in [-0.4, -0.2) is 36.3 Å². The summed E-state index contributed by atoms with van der Waals surface area (Å²) in [5.74, 6) is -0.411. The van der Waals surface area contributed by atoms with Crippen LogP contribution in [0.25, 0.3) is 0 Å². The molecule has 4 nitrogen and oxygen atoms in total. The molecule has 5 heteroatoms. The number of carbonyl (C=O) groups excluding carboxylic acids is 2. The van der Waals surface area contributed by atoms with Crippen molar-refractivity contribution in [1.29, 1.82) is 0 Å². The average Bonchev–Trinajstić information content (AvgIpc) is 3.14. The third-order valence-corrected chi connectivity index (χ3v) is 5.28. The van der Waals surface area contributed by atoms with Crippen molar-refractivity contribution >= 4 is 11.8 Å². The molecule has 1 heterocycles. The van der Waals surface area contributed by atoms with Gasteiger partial charge in [-0.05, 0) is 42.2 Å². The van der Waals surface area contributed by atoms with Crippen molar-refractivity contribution in [1.82, 2.24) is 10.2 Å². The van der Waals surface area contributed by atoms with Crippen LogP contribution in [-0.2, 0) is 4.79 Å². The van der Waals surface area contributed by atoms with Crippen LogP contribution in [0.1, 0.15) is 42.1 Å². The summed E-state index contributed by atoms with van der Waals surface area (Å²) in [6.07, 6.45) is 0.909. The zero-order valence-electron chi connectivity index (χ0n) is 16.4. The van der Waals surface area contributed by atoms with Gasteiger partial charge in [0.1, 0.15) is 5.82 Å². The minimum absolute atomic E-state index is 0.0432. The maximum Gasteiger partial charge on any atom is 0.253 e. The molecule has 0 spiro atoms. The van der Waals surface area contributed by atoms with E-state index in [0.717, 1.165) is 12.0 Å². The maximum absolute atomic E-state index is 13.4. The molecule has 1 fully saturated rings. The molecule has 2 aromatic rings. The van der Waals surface area contributed by atoms with Gasteiger partial charge in [0.2, 0.25) is 5.91 Å². The molecule has 2 amide bonds. The number of nitrogens with one attached hydrogen (secondary N) is 1. The Balaban J connectivity index is 1.78. The van der Waals surface area contributed by atoms with E-state index in [1.54, 1.807) is 29.2 Å². The van der Waals surface area contributed by atoms with Crippen LogP contribution in [0.2, 0.25) is 0 Å². The van der Waals surface area contributed by atoms with Gasteiger partial charge in [0, 0.05) is 31.1 Å². The zero-order chi connectivity index (χ0) is 20.1. The maximum atomic E-state index is 13.4. The Morgan fingerprint density at radius 2 is 1.75 bits per heavy atom. The van der Waals surface area contributed by atoms with E-state index < -0.39 is 0 Å². The summed E-state index contributed by atoms with van der Waals surface area (Å²) in [4.78, 5) is 27.5. The van der Waals surface area contributed by atoms with Crippen molar-refractivity contribution in [3.63, 3.8) is 0 Å². The Morgan fingerprint density at radius 3 is 2.39 bits per heavy atom. The summed E-state index contributed by atoms with van der Waals surface area (Å²) in [7, 11) is 0. The van der Waals surface area contributed by atoms with E-state index in [4.69, 9.17) is 0 Å². The highest BCUT2D eigenvalue weighted by atomic mass is 19.1. The minimum Gasteiger partial charge on any atom is -0.356 e. The lowest BCUT2D eigenvalue weighted by molar-refractivity contribution is -0.124. The molecule has 2 aromatic carbocycles. The molecule has 1 N–H and O–H groups in total. The van der Waals surface area contributed by atoms with Crippen molar-refractivity contribution in [3.8, 4) is 0 Å². The van der Waals surface area contributed by atoms with Crippen molar-refractivity contribution < 1.29 is 14.0 Å². The van der Waals surface area contributed by atoms with E-state index >= 15 is 0 Å². The van der Waals surface area contributed by atoms with Gasteiger partial charge in [-0.1, -0.05) is 44.2 Å². The van der Waals surface area contributed by atoms with Gasteiger partial charge in [0.25, 0.3) is 5.91 Å². The molecule has 0 saturated carbocycles. The molecular formula is C23H27FN2O2. The zero-order valence-corrected chi connectivity index (χ0v) is 16.4. The number of rotatable bonds is 6. The largest absolute Gasteiger partial charge is 0.356 e. The Bertz CT molecular complexity index is 805. The second kappa shape index (κ2) is 9.00. The van der Waals surface area contributed by atoms with E-state index in [-0.39, 0.29) is 29.5 Å². The first-order valence-corrected chi connectivity index (χ1v) is 9.83. The van der Waals surface area contributed by atoms with Gasteiger partial charge in [-0.2, -0.15) is 0 Å². The van der Waals surface area contributed by atoms with Crippen molar-refractivity contribution in [2.45, 2.75) is 26.2 Å². The van der Waals surface area contributed by atoms with Crippen LogP contribution in [0.5, 0.6) is 0 Å². The van der Waals surface area contributed by atoms with Crippen LogP contribution in [0.15, 0.2) is 54.6 Å². The number of likely N-dealkylation sites (tertiary alicyclic amines) is 1. The first kappa shape index (κ1) is 20.1. The van der Waals surface area contributed by atoms with Crippen molar-refractivity contribution in [3.05, 3.63) is 71.5 Å². The van der Waals surface area contributed by atoms with Gasteiger partial charge in [-0.15, -0.1) is 0 Å². The lowest BCUT2D eigenvalue weighted by Crippen LogP contribution is -2.36. The molecule has 1 aliphatic rings. The quantitative estimate of drug-likeness (QED) is 0.825. The minimum atomic E-state index is -0.342. The number of hydrogen-bond donors (Lipinski definition) is 1. The van der Waals surface area contributed by atoms with Gasteiger partial charge >= 0.3 is 0 Å². The predicted molar refractivity (Wildman–Crippen MR) is 107 cm³/mol. The fourth-order valence-electron chi connectivity index (χ4n) is 3.66. The van der Waals surface area contributed by atoms with Gasteiger partial charge in [0.15, 0.2) is 0 Å². The smallest absolute Gasteiger partial charge is 0.253 e. The summed E-state index contributed by atoms with van der Waals surface area (Å²) in [6, 6.07) is 15.3. The van der Waals surface area contributed by atoms with Crippen molar-refractivity contribution in [2.24, 2.45) is 11.8 Å². The fraction of sp³-hybridized carbons (Fsp3) is 0.391. The first-order chi connectivity index (χ1) is 13.5. The Hall–Kier alpha value is -2.69. The first-order valence-electron chi connectivity index (χ1n) is 9.83. The number of halogens is 1. The summed E-state index contributed by atoms with van der Waals surface area (Å²) < 4.78 is 13.4. The highest BCUT2D eigenvalue weighted by molar-refractivity contribution is 5.95. The molecule has 1 aliphatic heterocycles. The van der Waals surface area contributed by atoms with Crippen LogP contribution >= 0.6 is 0 Å². The number of hydrogen-bond acceptors (Lipinski definition) is 2. The second-order valence-corrected chi connectivity index (χ2v) is 7.81. The highest BCUT2D eigenvalue weighted by Crippen LogP contribution is 2.34. The number of amides is 2. The molecular weight excluding hydrogens is 355 g/mol. The molecule has 2 atom stereocenters. The highest BCUT2D eigenvalue weighted by Gasteiger charge is 2.40. The summed E-state index contributed by atoms with van der Waals surface area (Å²) in [5.41, 5.74) is 1.50. The molecule has 28 heavy (non-hydrogen) atoms. The Kier molecular flexibility index (Phi) is 6.45. The van der Waals surface area contributed by atoms with Gasteiger partial charge < -0.3 is 10.2 Å².